The van der Waals surface area contributed by atoms with Crippen molar-refractivity contribution >= 4 is 17.5 Å². The van der Waals surface area contributed by atoms with Crippen LogP contribution < -0.4 is 0 Å². The van der Waals surface area contributed by atoms with Gasteiger partial charge >= 0.3 is 0 Å². The van der Waals surface area contributed by atoms with Crippen molar-refractivity contribution in [3.8, 4) is 5.69 Å². The number of carbonyl (C=O) groups is 1. The molecule has 0 aliphatic carbocycles. The van der Waals surface area contributed by atoms with Crippen LogP contribution in [0.3, 0.4) is 0 Å². The van der Waals surface area contributed by atoms with E-state index in [4.69, 9.17) is 0 Å². The fraction of sp³-hybridized carbons (Fsp3) is 0.118. The van der Waals surface area contributed by atoms with Gasteiger partial charge in [0.2, 0.25) is 0 Å². The van der Waals surface area contributed by atoms with Gasteiger partial charge in [0.05, 0.1) is 5.75 Å². The highest BCUT2D eigenvalue weighted by Gasteiger charge is 2.14. The Bertz CT molecular complexity index is 816. The molecule has 0 fully saturated rings. The standard InChI is InChI=1S/C17H14FN3OS/c1-12-19-20-17(21(12)15-9-7-14(18)8-10-15)23-11-16(22)13-5-3-2-4-6-13/h2-10H,11H2,1H3. The van der Waals surface area contributed by atoms with E-state index in [1.807, 2.05) is 29.7 Å². The van der Waals surface area contributed by atoms with E-state index in [0.717, 1.165) is 5.69 Å². The van der Waals surface area contributed by atoms with Crippen LogP contribution in [0.5, 0.6) is 0 Å². The molecule has 6 heteroatoms. The Morgan fingerprint density at radius 1 is 1.09 bits per heavy atom. The average molecular weight is 327 g/mol. The summed E-state index contributed by atoms with van der Waals surface area (Å²) in [5.74, 6) is 0.685. The van der Waals surface area contributed by atoms with Gasteiger partial charge in [-0.05, 0) is 31.2 Å². The smallest absolute Gasteiger partial charge is 0.196 e. The number of nitrogens with zero attached hydrogens (tertiary/aromatic N) is 3. The summed E-state index contributed by atoms with van der Waals surface area (Å²) in [7, 11) is 0. The third-order valence-electron chi connectivity index (χ3n) is 3.31. The number of thioether (sulfide) groups is 1. The summed E-state index contributed by atoms with van der Waals surface area (Å²) in [4.78, 5) is 12.2. The molecule has 3 rings (SSSR count). The number of benzene rings is 2. The second-order valence-corrected chi connectivity index (χ2v) is 5.86. The number of halogens is 1. The number of hydrogen-bond donors (Lipinski definition) is 0. The van der Waals surface area contributed by atoms with Crippen molar-refractivity contribution in [1.29, 1.82) is 0 Å². The van der Waals surface area contributed by atoms with E-state index < -0.39 is 0 Å². The van der Waals surface area contributed by atoms with Gasteiger partial charge in [0.25, 0.3) is 0 Å². The summed E-state index contributed by atoms with van der Waals surface area (Å²) in [6.45, 7) is 1.82. The van der Waals surface area contributed by atoms with Gasteiger partial charge in [0, 0.05) is 11.3 Å². The zero-order chi connectivity index (χ0) is 16.2. The van der Waals surface area contributed by atoms with E-state index in [9.17, 15) is 9.18 Å². The summed E-state index contributed by atoms with van der Waals surface area (Å²) in [5, 5.41) is 8.77. The maximum Gasteiger partial charge on any atom is 0.196 e. The molecule has 0 N–H and O–H groups in total. The largest absolute Gasteiger partial charge is 0.293 e. The SMILES string of the molecule is Cc1nnc(SCC(=O)c2ccccc2)n1-c1ccc(F)cc1. The Hall–Kier alpha value is -2.47. The minimum Gasteiger partial charge on any atom is -0.293 e. The van der Waals surface area contributed by atoms with Crippen LogP contribution in [0.4, 0.5) is 4.39 Å². The lowest BCUT2D eigenvalue weighted by molar-refractivity contribution is 0.102. The van der Waals surface area contributed by atoms with Gasteiger partial charge in [-0.1, -0.05) is 42.1 Å². The van der Waals surface area contributed by atoms with Gasteiger partial charge < -0.3 is 0 Å². The Labute approximate surface area is 137 Å². The molecule has 0 unspecified atom stereocenters. The number of ketones is 1. The molecule has 0 aliphatic rings. The molecule has 0 atom stereocenters. The average Bonchev–Trinajstić information content (AvgIpc) is 2.95. The van der Waals surface area contributed by atoms with Crippen molar-refractivity contribution in [3.05, 3.63) is 71.8 Å². The highest BCUT2D eigenvalue weighted by molar-refractivity contribution is 7.99. The maximum absolute atomic E-state index is 13.1. The van der Waals surface area contributed by atoms with Crippen LogP contribution in [0, 0.1) is 12.7 Å². The summed E-state index contributed by atoms with van der Waals surface area (Å²) in [6, 6.07) is 15.2. The van der Waals surface area contributed by atoms with E-state index in [0.29, 0.717) is 16.5 Å². The van der Waals surface area contributed by atoms with Gasteiger partial charge in [0.15, 0.2) is 10.9 Å². The van der Waals surface area contributed by atoms with Crippen LogP contribution in [-0.4, -0.2) is 26.3 Å². The molecule has 1 aromatic heterocycles. The molecule has 0 aliphatic heterocycles. The van der Waals surface area contributed by atoms with Gasteiger partial charge in [-0.3, -0.25) is 9.36 Å². The predicted octanol–water partition coefficient (Wildman–Crippen LogP) is 3.69. The molecule has 0 bridgehead atoms. The van der Waals surface area contributed by atoms with E-state index in [2.05, 4.69) is 10.2 Å². The Morgan fingerprint density at radius 3 is 2.48 bits per heavy atom. The molecule has 0 radical (unpaired) electrons. The van der Waals surface area contributed by atoms with Crippen LogP contribution >= 0.6 is 11.8 Å². The van der Waals surface area contributed by atoms with E-state index in [-0.39, 0.29) is 17.4 Å². The summed E-state index contributed by atoms with van der Waals surface area (Å²) in [6.07, 6.45) is 0. The molecule has 1 heterocycles. The summed E-state index contributed by atoms with van der Waals surface area (Å²) < 4.78 is 14.9. The molecule has 0 amide bonds. The first-order valence-electron chi connectivity index (χ1n) is 7.04. The second-order valence-electron chi connectivity index (χ2n) is 4.92. The topological polar surface area (TPSA) is 47.8 Å². The number of rotatable bonds is 5. The number of hydrogen-bond acceptors (Lipinski definition) is 4. The third-order valence-corrected chi connectivity index (χ3v) is 4.24. The lowest BCUT2D eigenvalue weighted by Crippen LogP contribution is -2.04. The number of carbonyl (C=O) groups excluding carboxylic acids is 1. The zero-order valence-corrected chi connectivity index (χ0v) is 13.3. The normalized spacial score (nSPS) is 10.7. The molecular weight excluding hydrogens is 313 g/mol. The Morgan fingerprint density at radius 2 is 1.78 bits per heavy atom. The first-order chi connectivity index (χ1) is 11.1. The monoisotopic (exact) mass is 327 g/mol. The summed E-state index contributed by atoms with van der Waals surface area (Å²) in [5.41, 5.74) is 1.44. The van der Waals surface area contributed by atoms with Gasteiger partial charge in [0.1, 0.15) is 11.6 Å². The second kappa shape index (κ2) is 6.75. The molecule has 3 aromatic rings. The first kappa shape index (κ1) is 15.4. The molecule has 4 nitrogen and oxygen atoms in total. The minimum atomic E-state index is -0.298. The molecule has 2 aromatic carbocycles. The van der Waals surface area contributed by atoms with Crippen LogP contribution in [-0.2, 0) is 0 Å². The van der Waals surface area contributed by atoms with Crippen LogP contribution in [0.2, 0.25) is 0 Å². The lowest BCUT2D eigenvalue weighted by Gasteiger charge is -2.08. The molecular formula is C17H14FN3OS. The third kappa shape index (κ3) is 3.48. The molecule has 0 spiro atoms. The quantitative estimate of drug-likeness (QED) is 0.530. The van der Waals surface area contributed by atoms with Crippen molar-refractivity contribution in [1.82, 2.24) is 14.8 Å². The highest BCUT2D eigenvalue weighted by Crippen LogP contribution is 2.22. The molecule has 23 heavy (non-hydrogen) atoms. The summed E-state index contributed by atoms with van der Waals surface area (Å²) >= 11 is 1.32. The molecule has 0 saturated carbocycles. The van der Waals surface area contributed by atoms with Crippen molar-refractivity contribution in [2.24, 2.45) is 0 Å². The van der Waals surface area contributed by atoms with Gasteiger partial charge in [-0.25, -0.2) is 4.39 Å². The van der Waals surface area contributed by atoms with E-state index in [1.54, 1.807) is 24.3 Å². The Kier molecular flexibility index (Phi) is 4.52. The van der Waals surface area contributed by atoms with Gasteiger partial charge in [-0.15, -0.1) is 10.2 Å². The molecule has 116 valence electrons. The fourth-order valence-electron chi connectivity index (χ4n) is 2.16. The van der Waals surface area contributed by atoms with E-state index in [1.165, 1.54) is 23.9 Å². The van der Waals surface area contributed by atoms with Crippen molar-refractivity contribution < 1.29 is 9.18 Å². The Balaban J connectivity index is 1.79. The number of aryl methyl sites for hydroxylation is 1. The minimum absolute atomic E-state index is 0.0295. The number of aromatic nitrogens is 3. The maximum atomic E-state index is 13.1. The fourth-order valence-corrected chi connectivity index (χ4v) is 3.05. The zero-order valence-electron chi connectivity index (χ0n) is 12.4. The first-order valence-corrected chi connectivity index (χ1v) is 8.03. The van der Waals surface area contributed by atoms with Crippen molar-refractivity contribution in [2.75, 3.05) is 5.75 Å². The van der Waals surface area contributed by atoms with Crippen molar-refractivity contribution in [2.45, 2.75) is 12.1 Å². The van der Waals surface area contributed by atoms with Crippen LogP contribution in [0.25, 0.3) is 5.69 Å². The lowest BCUT2D eigenvalue weighted by atomic mass is 10.2. The van der Waals surface area contributed by atoms with E-state index >= 15 is 0 Å². The number of Topliss-reactive ketones (excluding diaryl/α,β-unsaturated/α-hetero) is 1. The van der Waals surface area contributed by atoms with Crippen LogP contribution in [0.1, 0.15) is 16.2 Å². The molecule has 0 saturated heterocycles. The van der Waals surface area contributed by atoms with Gasteiger partial charge in [-0.2, -0.15) is 0 Å². The van der Waals surface area contributed by atoms with Crippen LogP contribution in [0.15, 0.2) is 59.8 Å². The predicted molar refractivity (Wildman–Crippen MR) is 87.6 cm³/mol. The highest BCUT2D eigenvalue weighted by atomic mass is 32.2. The van der Waals surface area contributed by atoms with Crippen molar-refractivity contribution in [3.63, 3.8) is 0 Å².